The van der Waals surface area contributed by atoms with Crippen molar-refractivity contribution in [2.75, 3.05) is 19.5 Å². The Balaban J connectivity index is 2.45. The van der Waals surface area contributed by atoms with E-state index in [0.717, 1.165) is 24.3 Å². The highest BCUT2D eigenvalue weighted by atomic mass is 32.2. The van der Waals surface area contributed by atoms with Crippen molar-refractivity contribution in [2.45, 2.75) is 44.9 Å². The molecule has 0 fully saturated rings. The molecule has 1 aromatic carbocycles. The van der Waals surface area contributed by atoms with E-state index in [1.54, 1.807) is 7.11 Å². The average molecular weight is 321 g/mol. The summed E-state index contributed by atoms with van der Waals surface area (Å²) in [5, 5.41) is 3.75. The van der Waals surface area contributed by atoms with E-state index in [1.807, 2.05) is 37.1 Å². The van der Waals surface area contributed by atoms with E-state index in [-0.39, 0.29) is 0 Å². The van der Waals surface area contributed by atoms with Crippen LogP contribution >= 0.6 is 11.8 Å². The number of nitrogens with zero attached hydrogens (tertiary/aromatic N) is 1. The molecule has 0 spiro atoms. The van der Waals surface area contributed by atoms with Crippen LogP contribution in [-0.2, 0) is 4.84 Å². The molecule has 0 N–H and O–H groups in total. The van der Waals surface area contributed by atoms with Crippen LogP contribution in [0.25, 0.3) is 0 Å². The van der Waals surface area contributed by atoms with Gasteiger partial charge in [0.1, 0.15) is 19.5 Å². The zero-order valence-corrected chi connectivity index (χ0v) is 14.9. The molecule has 0 aliphatic rings. The lowest BCUT2D eigenvalue weighted by Crippen LogP contribution is -1.96. The van der Waals surface area contributed by atoms with Crippen molar-refractivity contribution < 1.29 is 9.57 Å². The van der Waals surface area contributed by atoms with E-state index in [2.05, 4.69) is 36.0 Å². The van der Waals surface area contributed by atoms with Crippen LogP contribution in [0.15, 0.2) is 34.3 Å². The third kappa shape index (κ3) is 7.03. The summed E-state index contributed by atoms with van der Waals surface area (Å²) in [6.45, 7) is 6.94. The van der Waals surface area contributed by atoms with Gasteiger partial charge in [-0.2, -0.15) is 0 Å². The van der Waals surface area contributed by atoms with Gasteiger partial charge >= 0.3 is 0 Å². The molecule has 4 heteroatoms. The lowest BCUT2D eigenvalue weighted by Gasteiger charge is -2.12. The van der Waals surface area contributed by atoms with E-state index < -0.39 is 0 Å². The number of thioether (sulfide) groups is 1. The molecule has 0 radical (unpaired) electrons. The van der Waals surface area contributed by atoms with Crippen molar-refractivity contribution in [3.63, 3.8) is 0 Å². The Morgan fingerprint density at radius 3 is 2.55 bits per heavy atom. The fourth-order valence-corrected chi connectivity index (χ4v) is 3.23. The summed E-state index contributed by atoms with van der Waals surface area (Å²) >= 11 is 1.93. The summed E-state index contributed by atoms with van der Waals surface area (Å²) in [5.41, 5.74) is 2.59. The van der Waals surface area contributed by atoms with Gasteiger partial charge in [0.15, 0.2) is 0 Å². The van der Waals surface area contributed by atoms with E-state index >= 15 is 0 Å². The smallest absolute Gasteiger partial charge is 0.120 e. The fourth-order valence-electron chi connectivity index (χ4n) is 2.10. The summed E-state index contributed by atoms with van der Waals surface area (Å²) in [7, 11) is 1.57. The number of unbranched alkanes of at least 4 members (excludes halogenated alkanes) is 2. The van der Waals surface area contributed by atoms with Crippen molar-refractivity contribution in [3.05, 3.63) is 35.4 Å². The van der Waals surface area contributed by atoms with Gasteiger partial charge in [0.25, 0.3) is 0 Å². The molecule has 0 aromatic heterocycles. The van der Waals surface area contributed by atoms with Crippen LogP contribution in [0.3, 0.4) is 0 Å². The van der Waals surface area contributed by atoms with Gasteiger partial charge in [-0.05, 0) is 69.0 Å². The zero-order valence-electron chi connectivity index (χ0n) is 14.1. The van der Waals surface area contributed by atoms with E-state index in [1.165, 1.54) is 22.4 Å². The van der Waals surface area contributed by atoms with Crippen LogP contribution in [0.2, 0.25) is 0 Å². The predicted octanol–water partition coefficient (Wildman–Crippen LogP) is 5.15. The number of aryl methyl sites for hydroxylation is 2. The zero-order chi connectivity index (χ0) is 16.2. The minimum atomic E-state index is 0.630. The van der Waals surface area contributed by atoms with Crippen molar-refractivity contribution in [2.24, 2.45) is 5.16 Å². The van der Waals surface area contributed by atoms with Gasteiger partial charge in [-0.25, -0.2) is 0 Å². The first-order valence-corrected chi connectivity index (χ1v) is 8.70. The summed E-state index contributed by atoms with van der Waals surface area (Å²) in [5.74, 6) is 2.08. The normalized spacial score (nSPS) is 11.5. The first-order chi connectivity index (χ1) is 10.7. The summed E-state index contributed by atoms with van der Waals surface area (Å²) in [4.78, 5) is 6.02. The maximum Gasteiger partial charge on any atom is 0.120 e. The quantitative estimate of drug-likeness (QED) is 0.196. The molecule has 0 aliphatic heterocycles. The van der Waals surface area contributed by atoms with Gasteiger partial charge in [0, 0.05) is 11.1 Å². The van der Waals surface area contributed by atoms with Gasteiger partial charge in [-0.15, -0.1) is 11.8 Å². The Morgan fingerprint density at radius 2 is 1.91 bits per heavy atom. The Bertz CT molecular complexity index is 475. The molecule has 0 heterocycles. The number of hydrogen-bond acceptors (Lipinski definition) is 4. The molecule has 0 atom stereocenters. The van der Waals surface area contributed by atoms with E-state index in [9.17, 15) is 0 Å². The van der Waals surface area contributed by atoms with Crippen LogP contribution in [0.5, 0.6) is 5.75 Å². The van der Waals surface area contributed by atoms with E-state index in [4.69, 9.17) is 4.74 Å². The Hall–Kier alpha value is -1.42. The van der Waals surface area contributed by atoms with Crippen LogP contribution in [0.4, 0.5) is 0 Å². The second kappa shape index (κ2) is 11.2. The molecule has 0 amide bonds. The van der Waals surface area contributed by atoms with Crippen molar-refractivity contribution >= 4 is 18.0 Å². The minimum absolute atomic E-state index is 0.630. The van der Waals surface area contributed by atoms with Crippen LogP contribution in [0.1, 0.15) is 37.3 Å². The highest BCUT2D eigenvalue weighted by Gasteiger charge is 2.06. The third-order valence-corrected chi connectivity index (χ3v) is 4.60. The molecule has 22 heavy (non-hydrogen) atoms. The fraction of sp³-hybridized carbons (Fsp3) is 0.500. The number of allylic oxidation sites excluding steroid dienone is 1. The summed E-state index contributed by atoms with van der Waals surface area (Å²) in [6, 6.07) is 4.26. The monoisotopic (exact) mass is 321 g/mol. The molecule has 1 rings (SSSR count). The van der Waals surface area contributed by atoms with Crippen molar-refractivity contribution in [1.82, 2.24) is 0 Å². The summed E-state index contributed by atoms with van der Waals surface area (Å²) in [6.07, 6.45) is 9.14. The highest BCUT2D eigenvalue weighted by molar-refractivity contribution is 7.99. The lowest BCUT2D eigenvalue weighted by atomic mass is 10.1. The number of oxime groups is 1. The molecular formula is C18H27NO2S. The van der Waals surface area contributed by atoms with Crippen LogP contribution < -0.4 is 4.74 Å². The standard InChI is InChI=1S/C18H27NO2S/c1-5-6-11-21-17-13-15(2)18(16(3)14-17)22-12-9-7-8-10-19-20-4/h5-6,10,13-14H,7-9,11-12H2,1-4H3/b6-5+,19-10+. The predicted molar refractivity (Wildman–Crippen MR) is 96.3 cm³/mol. The third-order valence-electron chi connectivity index (χ3n) is 3.17. The number of benzene rings is 1. The maximum absolute atomic E-state index is 5.72. The number of rotatable bonds is 10. The Labute approximate surface area is 138 Å². The van der Waals surface area contributed by atoms with Crippen molar-refractivity contribution in [1.29, 1.82) is 0 Å². The van der Waals surface area contributed by atoms with Gasteiger partial charge in [0.2, 0.25) is 0 Å². The molecule has 0 saturated heterocycles. The van der Waals surface area contributed by atoms with Gasteiger partial charge in [0.05, 0.1) is 0 Å². The largest absolute Gasteiger partial charge is 0.490 e. The minimum Gasteiger partial charge on any atom is -0.490 e. The lowest BCUT2D eigenvalue weighted by molar-refractivity contribution is 0.214. The average Bonchev–Trinajstić information content (AvgIpc) is 2.49. The Morgan fingerprint density at radius 1 is 1.18 bits per heavy atom. The molecule has 122 valence electrons. The second-order valence-electron chi connectivity index (χ2n) is 5.08. The van der Waals surface area contributed by atoms with Crippen molar-refractivity contribution in [3.8, 4) is 5.75 Å². The number of ether oxygens (including phenoxy) is 1. The Kier molecular flexibility index (Phi) is 9.47. The molecule has 0 unspecified atom stereocenters. The van der Waals surface area contributed by atoms with E-state index in [0.29, 0.717) is 6.61 Å². The molecule has 0 bridgehead atoms. The van der Waals surface area contributed by atoms with Crippen LogP contribution in [-0.4, -0.2) is 25.7 Å². The SMILES string of the molecule is C/C=C/COc1cc(C)c(SCCCC/C=N/OC)c(C)c1. The molecule has 3 nitrogen and oxygen atoms in total. The van der Waals surface area contributed by atoms with Gasteiger partial charge in [-0.3, -0.25) is 0 Å². The summed E-state index contributed by atoms with van der Waals surface area (Å²) < 4.78 is 5.72. The topological polar surface area (TPSA) is 30.8 Å². The highest BCUT2D eigenvalue weighted by Crippen LogP contribution is 2.31. The first kappa shape index (κ1) is 18.6. The number of hydrogen-bond donors (Lipinski definition) is 0. The van der Waals surface area contributed by atoms with Gasteiger partial charge < -0.3 is 9.57 Å². The second-order valence-corrected chi connectivity index (χ2v) is 6.19. The molecule has 1 aromatic rings. The molecule has 0 saturated carbocycles. The first-order valence-electron chi connectivity index (χ1n) is 7.72. The van der Waals surface area contributed by atoms with Gasteiger partial charge in [-0.1, -0.05) is 17.3 Å². The maximum atomic E-state index is 5.72. The molecule has 0 aliphatic carbocycles. The van der Waals surface area contributed by atoms with Crippen LogP contribution in [0, 0.1) is 13.8 Å². The molecular weight excluding hydrogens is 294 g/mol.